The van der Waals surface area contributed by atoms with Crippen molar-refractivity contribution in [3.8, 4) is 55.6 Å². The zero-order valence-electron chi connectivity index (χ0n) is 24.4. The summed E-state index contributed by atoms with van der Waals surface area (Å²) in [5, 5.41) is 0. The SMILES string of the molecule is c1ccc(-c2cc(-c3ccccc3)cc(-c3cccc(C4c5ccccc5-c5cc6c(cc54)Cc4ccccc4-6)c3)c2)cc1. The highest BCUT2D eigenvalue weighted by molar-refractivity contribution is 5.89. The van der Waals surface area contributed by atoms with Crippen molar-refractivity contribution in [3.05, 3.63) is 192 Å². The quantitative estimate of drug-likeness (QED) is 0.201. The smallest absolute Gasteiger partial charge is 0.0352 e. The van der Waals surface area contributed by atoms with Crippen LogP contribution in [0.15, 0.2) is 164 Å². The Morgan fingerprint density at radius 2 is 0.909 bits per heavy atom. The second-order valence-corrected chi connectivity index (χ2v) is 12.1. The van der Waals surface area contributed by atoms with Crippen LogP contribution in [-0.4, -0.2) is 0 Å². The molecule has 0 aromatic heterocycles. The molecule has 2 aliphatic rings. The fraction of sp³-hybridized carbons (Fsp3) is 0.0455. The molecule has 0 radical (unpaired) electrons. The molecule has 0 spiro atoms. The van der Waals surface area contributed by atoms with Crippen molar-refractivity contribution in [2.24, 2.45) is 0 Å². The minimum atomic E-state index is 0.209. The molecular weight excluding hydrogens is 528 g/mol. The first-order valence-electron chi connectivity index (χ1n) is 15.5. The van der Waals surface area contributed by atoms with Crippen LogP contribution in [0.3, 0.4) is 0 Å². The molecule has 206 valence electrons. The highest BCUT2D eigenvalue weighted by atomic mass is 14.4. The van der Waals surface area contributed by atoms with Crippen LogP contribution in [0.4, 0.5) is 0 Å². The number of rotatable bonds is 4. The van der Waals surface area contributed by atoms with Gasteiger partial charge >= 0.3 is 0 Å². The first-order valence-corrected chi connectivity index (χ1v) is 15.5. The van der Waals surface area contributed by atoms with Gasteiger partial charge in [-0.15, -0.1) is 0 Å². The van der Waals surface area contributed by atoms with Gasteiger partial charge in [-0.2, -0.15) is 0 Å². The van der Waals surface area contributed by atoms with Gasteiger partial charge in [0.1, 0.15) is 0 Å². The second kappa shape index (κ2) is 10.1. The number of hydrogen-bond donors (Lipinski definition) is 0. The van der Waals surface area contributed by atoms with Gasteiger partial charge in [0.25, 0.3) is 0 Å². The van der Waals surface area contributed by atoms with Crippen molar-refractivity contribution < 1.29 is 0 Å². The third-order valence-electron chi connectivity index (χ3n) is 9.54. The lowest BCUT2D eigenvalue weighted by Crippen LogP contribution is -2.00. The highest BCUT2D eigenvalue weighted by Gasteiger charge is 2.32. The molecule has 0 heterocycles. The topological polar surface area (TPSA) is 0 Å². The number of hydrogen-bond acceptors (Lipinski definition) is 0. The summed E-state index contributed by atoms with van der Waals surface area (Å²) in [5.41, 5.74) is 20.0. The second-order valence-electron chi connectivity index (χ2n) is 12.1. The summed E-state index contributed by atoms with van der Waals surface area (Å²) < 4.78 is 0. The largest absolute Gasteiger partial charge is 0.0622 e. The molecular formula is C44H30. The van der Waals surface area contributed by atoms with Crippen LogP contribution in [0.2, 0.25) is 0 Å². The van der Waals surface area contributed by atoms with E-state index >= 15 is 0 Å². The summed E-state index contributed by atoms with van der Waals surface area (Å²) >= 11 is 0. The fourth-order valence-electron chi connectivity index (χ4n) is 7.48. The molecule has 1 unspecified atom stereocenters. The highest BCUT2D eigenvalue weighted by Crippen LogP contribution is 2.52. The summed E-state index contributed by atoms with van der Waals surface area (Å²) in [6.45, 7) is 0. The Morgan fingerprint density at radius 3 is 1.64 bits per heavy atom. The molecule has 0 amide bonds. The molecule has 2 aliphatic carbocycles. The van der Waals surface area contributed by atoms with Crippen molar-refractivity contribution in [3.63, 3.8) is 0 Å². The van der Waals surface area contributed by atoms with E-state index in [1.54, 1.807) is 0 Å². The van der Waals surface area contributed by atoms with E-state index in [9.17, 15) is 0 Å². The molecule has 7 aromatic rings. The maximum Gasteiger partial charge on any atom is 0.0352 e. The minimum absolute atomic E-state index is 0.209. The van der Waals surface area contributed by atoms with Gasteiger partial charge in [-0.3, -0.25) is 0 Å². The van der Waals surface area contributed by atoms with Crippen molar-refractivity contribution >= 4 is 0 Å². The van der Waals surface area contributed by atoms with Gasteiger partial charge in [0.15, 0.2) is 0 Å². The predicted molar refractivity (Wildman–Crippen MR) is 184 cm³/mol. The average molecular weight is 559 g/mol. The number of benzene rings is 7. The maximum absolute atomic E-state index is 2.51. The van der Waals surface area contributed by atoms with Gasteiger partial charge in [0, 0.05) is 5.92 Å². The molecule has 0 fully saturated rings. The summed E-state index contributed by atoms with van der Waals surface area (Å²) in [7, 11) is 0. The summed E-state index contributed by atoms with van der Waals surface area (Å²) in [4.78, 5) is 0. The normalized spacial score (nSPS) is 14.0. The Labute approximate surface area is 258 Å². The molecule has 0 heteroatoms. The Balaban J connectivity index is 1.19. The number of fused-ring (bicyclic) bond motifs is 6. The fourth-order valence-corrected chi connectivity index (χ4v) is 7.48. The molecule has 0 bridgehead atoms. The van der Waals surface area contributed by atoms with E-state index in [1.807, 2.05) is 0 Å². The van der Waals surface area contributed by atoms with Crippen molar-refractivity contribution in [2.75, 3.05) is 0 Å². The first kappa shape index (κ1) is 25.1. The maximum atomic E-state index is 2.51. The molecule has 0 saturated heterocycles. The first-order chi connectivity index (χ1) is 21.8. The van der Waals surface area contributed by atoms with Gasteiger partial charge in [-0.1, -0.05) is 140 Å². The summed E-state index contributed by atoms with van der Waals surface area (Å²) in [6, 6.07) is 60.6. The standard InChI is InChI=1S/C44H30/c1-3-12-29(13-4-1)34-24-35(30-14-5-2-6-15-30)26-36(25-34)31-17-11-18-33(22-31)44-40-21-10-9-20-39(40)42-28-41-37(27-43(42)44)23-32-16-7-8-19-38(32)41/h1-22,24-28,44H,23H2. The Kier molecular flexibility index (Phi) is 5.74. The van der Waals surface area contributed by atoms with Crippen LogP contribution in [0.25, 0.3) is 55.6 Å². The van der Waals surface area contributed by atoms with Gasteiger partial charge < -0.3 is 0 Å². The summed E-state index contributed by atoms with van der Waals surface area (Å²) in [5.74, 6) is 0.209. The zero-order chi connectivity index (χ0) is 29.0. The van der Waals surface area contributed by atoms with Crippen LogP contribution < -0.4 is 0 Å². The van der Waals surface area contributed by atoms with E-state index < -0.39 is 0 Å². The lowest BCUT2D eigenvalue weighted by molar-refractivity contribution is 1.01. The van der Waals surface area contributed by atoms with E-state index in [1.165, 1.54) is 83.5 Å². The molecule has 0 nitrogen and oxygen atoms in total. The third kappa shape index (κ3) is 4.07. The van der Waals surface area contributed by atoms with Crippen LogP contribution in [-0.2, 0) is 6.42 Å². The predicted octanol–water partition coefficient (Wildman–Crippen LogP) is 11.4. The Hall–Kier alpha value is -5.46. The molecule has 44 heavy (non-hydrogen) atoms. The van der Waals surface area contributed by atoms with Crippen LogP contribution >= 0.6 is 0 Å². The molecule has 1 atom stereocenters. The van der Waals surface area contributed by atoms with E-state index in [2.05, 4.69) is 164 Å². The lowest BCUT2D eigenvalue weighted by Gasteiger charge is -2.17. The van der Waals surface area contributed by atoms with Gasteiger partial charge in [0.2, 0.25) is 0 Å². The molecule has 0 saturated carbocycles. The molecule has 7 aromatic carbocycles. The Morgan fingerprint density at radius 1 is 0.318 bits per heavy atom. The molecule has 9 rings (SSSR count). The zero-order valence-corrected chi connectivity index (χ0v) is 24.4. The van der Waals surface area contributed by atoms with Crippen LogP contribution in [0.5, 0.6) is 0 Å². The van der Waals surface area contributed by atoms with Crippen molar-refractivity contribution in [2.45, 2.75) is 12.3 Å². The van der Waals surface area contributed by atoms with Gasteiger partial charge in [-0.25, -0.2) is 0 Å². The summed E-state index contributed by atoms with van der Waals surface area (Å²) in [6.07, 6.45) is 1.01. The van der Waals surface area contributed by atoms with Gasteiger partial charge in [-0.05, 0) is 114 Å². The molecule has 0 aliphatic heterocycles. The van der Waals surface area contributed by atoms with E-state index in [4.69, 9.17) is 0 Å². The molecule has 0 N–H and O–H groups in total. The average Bonchev–Trinajstić information content (AvgIpc) is 3.62. The van der Waals surface area contributed by atoms with Crippen LogP contribution in [0, 0.1) is 0 Å². The van der Waals surface area contributed by atoms with Crippen molar-refractivity contribution in [1.29, 1.82) is 0 Å². The van der Waals surface area contributed by atoms with E-state index in [0.29, 0.717) is 0 Å². The lowest BCUT2D eigenvalue weighted by atomic mass is 9.86. The van der Waals surface area contributed by atoms with E-state index in [0.717, 1.165) is 6.42 Å². The van der Waals surface area contributed by atoms with Crippen LogP contribution in [0.1, 0.15) is 33.7 Å². The Bertz CT molecular complexity index is 2130. The van der Waals surface area contributed by atoms with E-state index in [-0.39, 0.29) is 5.92 Å². The third-order valence-corrected chi connectivity index (χ3v) is 9.54. The van der Waals surface area contributed by atoms with Crippen molar-refractivity contribution in [1.82, 2.24) is 0 Å². The van der Waals surface area contributed by atoms with Gasteiger partial charge in [0.05, 0.1) is 0 Å². The minimum Gasteiger partial charge on any atom is -0.0622 e. The monoisotopic (exact) mass is 558 g/mol.